The van der Waals surface area contributed by atoms with Crippen molar-refractivity contribution >= 4 is 28.8 Å². The van der Waals surface area contributed by atoms with Crippen molar-refractivity contribution in [2.75, 3.05) is 5.32 Å². The Morgan fingerprint density at radius 3 is 2.81 bits per heavy atom. The summed E-state index contributed by atoms with van der Waals surface area (Å²) in [5.41, 5.74) is 9.81. The van der Waals surface area contributed by atoms with Gasteiger partial charge < -0.3 is 11.1 Å². The van der Waals surface area contributed by atoms with Crippen LogP contribution < -0.4 is 11.1 Å². The topological polar surface area (TPSA) is 85.1 Å². The van der Waals surface area contributed by atoms with E-state index in [0.717, 1.165) is 33.9 Å². The first kappa shape index (κ1) is 17.9. The Kier molecular flexibility index (Phi) is 4.00. The largest absolute Gasteiger partial charge is 0.366 e. The van der Waals surface area contributed by atoms with E-state index in [9.17, 15) is 9.59 Å². The van der Waals surface area contributed by atoms with Crippen molar-refractivity contribution in [1.82, 2.24) is 4.98 Å². The molecule has 27 heavy (non-hydrogen) atoms. The fraction of sp³-hybridized carbons (Fsp3) is 0.381. The summed E-state index contributed by atoms with van der Waals surface area (Å²) in [5.74, 6) is 0.515. The molecule has 0 spiro atoms. The predicted molar refractivity (Wildman–Crippen MR) is 107 cm³/mol. The molecule has 2 aliphatic rings. The van der Waals surface area contributed by atoms with Crippen molar-refractivity contribution in [2.24, 2.45) is 11.1 Å². The quantitative estimate of drug-likeness (QED) is 0.841. The number of thiazole rings is 1. The molecule has 5 nitrogen and oxygen atoms in total. The van der Waals surface area contributed by atoms with Crippen LogP contribution in [0.3, 0.4) is 0 Å². The molecule has 1 atom stereocenters. The summed E-state index contributed by atoms with van der Waals surface area (Å²) in [4.78, 5) is 30.7. The van der Waals surface area contributed by atoms with Gasteiger partial charge in [0.05, 0.1) is 15.8 Å². The zero-order valence-corrected chi connectivity index (χ0v) is 16.6. The van der Waals surface area contributed by atoms with Crippen LogP contribution >= 0.6 is 11.3 Å². The average molecular weight is 382 g/mol. The summed E-state index contributed by atoms with van der Waals surface area (Å²) >= 11 is 1.55. The normalized spacial score (nSPS) is 23.4. The number of fused-ring (bicyclic) bond motifs is 1. The minimum Gasteiger partial charge on any atom is -0.366 e. The highest BCUT2D eigenvalue weighted by Gasteiger charge is 2.50. The van der Waals surface area contributed by atoms with E-state index in [4.69, 9.17) is 5.73 Å². The zero-order chi connectivity index (χ0) is 19.4. The van der Waals surface area contributed by atoms with Gasteiger partial charge in [-0.15, -0.1) is 11.3 Å². The van der Waals surface area contributed by atoms with Crippen molar-refractivity contribution in [3.8, 4) is 0 Å². The highest BCUT2D eigenvalue weighted by atomic mass is 32.1. The molecule has 4 rings (SSSR count). The van der Waals surface area contributed by atoms with E-state index in [1.54, 1.807) is 17.4 Å². The Balaban J connectivity index is 2.02. The molecular formula is C21H23N3O2S. The number of amides is 1. The van der Waals surface area contributed by atoms with Gasteiger partial charge in [0.25, 0.3) is 0 Å². The van der Waals surface area contributed by atoms with Crippen LogP contribution in [0.25, 0.3) is 0 Å². The number of primary amides is 1. The number of nitrogens with zero attached hydrogens (tertiary/aromatic N) is 1. The number of carbonyl (C=O) groups excluding carboxylic acids is 2. The third-order valence-electron chi connectivity index (χ3n) is 5.70. The highest BCUT2D eigenvalue weighted by Crippen LogP contribution is 2.55. The molecule has 1 aromatic heterocycles. The number of carbonyl (C=O) groups is 2. The van der Waals surface area contributed by atoms with Crippen molar-refractivity contribution in [3.05, 3.63) is 57.1 Å². The van der Waals surface area contributed by atoms with Gasteiger partial charge in [0, 0.05) is 23.3 Å². The number of nitrogens with one attached hydrogen (secondary N) is 1. The van der Waals surface area contributed by atoms with E-state index in [-0.39, 0.29) is 11.2 Å². The smallest absolute Gasteiger partial charge is 0.248 e. The summed E-state index contributed by atoms with van der Waals surface area (Å²) in [6.07, 6.45) is 2.01. The summed E-state index contributed by atoms with van der Waals surface area (Å²) < 4.78 is 0. The Bertz CT molecular complexity index is 989. The lowest BCUT2D eigenvalue weighted by Crippen LogP contribution is -2.43. The van der Waals surface area contributed by atoms with Crippen LogP contribution in [0.4, 0.5) is 5.82 Å². The first-order valence-electron chi connectivity index (χ1n) is 9.16. The van der Waals surface area contributed by atoms with Crippen LogP contribution in [0.15, 0.2) is 41.0 Å². The number of Topliss-reactive ketones (excluding diaryl/α,β-unsaturated/α-hetero) is 1. The van der Waals surface area contributed by atoms with Crippen LogP contribution in [0.2, 0.25) is 0 Å². The molecule has 3 N–H and O–H groups in total. The number of rotatable bonds is 3. The molecule has 1 amide bonds. The molecule has 2 aromatic rings. The lowest BCUT2D eigenvalue weighted by atomic mass is 9.62. The van der Waals surface area contributed by atoms with Gasteiger partial charge in [-0.1, -0.05) is 32.9 Å². The van der Waals surface area contributed by atoms with Crippen molar-refractivity contribution in [2.45, 2.75) is 45.4 Å². The summed E-state index contributed by atoms with van der Waals surface area (Å²) in [6, 6.07) is 7.37. The summed E-state index contributed by atoms with van der Waals surface area (Å²) in [5, 5.41) is 3.43. The molecule has 0 radical (unpaired) electrons. The maximum Gasteiger partial charge on any atom is 0.248 e. The summed E-state index contributed by atoms with van der Waals surface area (Å²) in [7, 11) is 0. The maximum absolute atomic E-state index is 13.3. The Hall–Kier alpha value is -2.47. The number of allylic oxidation sites excluding steroid dienone is 2. The van der Waals surface area contributed by atoms with E-state index in [1.807, 2.05) is 23.7 Å². The molecule has 2 heterocycles. The van der Waals surface area contributed by atoms with Crippen molar-refractivity contribution in [3.63, 3.8) is 0 Å². The number of hydrogen-bond donors (Lipinski definition) is 2. The van der Waals surface area contributed by atoms with Crippen LogP contribution in [0.1, 0.15) is 60.8 Å². The molecule has 140 valence electrons. The lowest BCUT2D eigenvalue weighted by Gasteiger charge is -2.44. The number of benzene rings is 1. The van der Waals surface area contributed by atoms with E-state index >= 15 is 0 Å². The number of hydrogen-bond acceptors (Lipinski definition) is 5. The molecule has 0 bridgehead atoms. The second kappa shape index (κ2) is 6.02. The van der Waals surface area contributed by atoms with E-state index < -0.39 is 11.3 Å². The Labute approximate surface area is 162 Å². The standard InChI is InChI=1S/C21H23N3O2S/c1-4-21(13-7-5-6-12(8-13)18(22)26)16-14(9-20(2,3)10-15(16)25)24-19-17(21)27-11-23-19/h5-8,11,24H,4,9-10H2,1-3H3,(H2,22,26). The Morgan fingerprint density at radius 1 is 1.33 bits per heavy atom. The van der Waals surface area contributed by atoms with Crippen molar-refractivity contribution in [1.29, 1.82) is 0 Å². The molecule has 1 aliphatic carbocycles. The third-order valence-corrected chi connectivity index (χ3v) is 6.68. The second-order valence-corrected chi connectivity index (χ2v) is 9.01. The van der Waals surface area contributed by atoms with Crippen LogP contribution in [0.5, 0.6) is 0 Å². The van der Waals surface area contributed by atoms with Gasteiger partial charge in [-0.2, -0.15) is 0 Å². The first-order chi connectivity index (χ1) is 12.8. The fourth-order valence-electron chi connectivity index (χ4n) is 4.57. The predicted octanol–water partition coefficient (Wildman–Crippen LogP) is 4.01. The SMILES string of the molecule is CCC1(c2cccc(C(N)=O)c2)C2=C(CC(C)(C)CC2=O)Nc2ncsc21. The molecule has 1 aliphatic heterocycles. The lowest BCUT2D eigenvalue weighted by molar-refractivity contribution is -0.118. The van der Waals surface area contributed by atoms with Crippen molar-refractivity contribution < 1.29 is 9.59 Å². The van der Waals surface area contributed by atoms with Gasteiger partial charge in [0.1, 0.15) is 5.82 Å². The molecule has 0 fully saturated rings. The molecule has 1 aromatic carbocycles. The van der Waals surface area contributed by atoms with Crippen LogP contribution in [0, 0.1) is 5.41 Å². The number of nitrogens with two attached hydrogens (primary N) is 1. The first-order valence-corrected chi connectivity index (χ1v) is 10.0. The molecule has 6 heteroatoms. The minimum absolute atomic E-state index is 0.0923. The minimum atomic E-state index is -0.601. The maximum atomic E-state index is 13.3. The third kappa shape index (κ3) is 2.62. The molecule has 0 saturated carbocycles. The van der Waals surface area contributed by atoms with E-state index in [1.165, 1.54) is 0 Å². The van der Waals surface area contributed by atoms with Gasteiger partial charge in [-0.25, -0.2) is 4.98 Å². The van der Waals surface area contributed by atoms with E-state index in [2.05, 4.69) is 31.1 Å². The molecule has 1 unspecified atom stereocenters. The molecular weight excluding hydrogens is 358 g/mol. The average Bonchev–Trinajstić information content (AvgIpc) is 3.07. The number of ketones is 1. The van der Waals surface area contributed by atoms with Gasteiger partial charge in [0.15, 0.2) is 5.78 Å². The molecule has 0 saturated heterocycles. The van der Waals surface area contributed by atoms with Crippen LogP contribution in [-0.2, 0) is 10.2 Å². The summed E-state index contributed by atoms with van der Waals surface area (Å²) in [6.45, 7) is 6.33. The van der Waals surface area contributed by atoms with Crippen LogP contribution in [-0.4, -0.2) is 16.7 Å². The number of aromatic nitrogens is 1. The van der Waals surface area contributed by atoms with Gasteiger partial charge in [0.2, 0.25) is 5.91 Å². The van der Waals surface area contributed by atoms with Gasteiger partial charge in [-0.05, 0) is 36.0 Å². The second-order valence-electron chi connectivity index (χ2n) is 8.15. The van der Waals surface area contributed by atoms with Gasteiger partial charge >= 0.3 is 0 Å². The monoisotopic (exact) mass is 381 g/mol. The fourth-order valence-corrected chi connectivity index (χ4v) is 5.62. The van der Waals surface area contributed by atoms with Gasteiger partial charge in [-0.3, -0.25) is 9.59 Å². The van der Waals surface area contributed by atoms with E-state index in [0.29, 0.717) is 18.4 Å². The highest BCUT2D eigenvalue weighted by molar-refractivity contribution is 7.10. The number of anilines is 1. The zero-order valence-electron chi connectivity index (χ0n) is 15.8. The Morgan fingerprint density at radius 2 is 2.11 bits per heavy atom.